The van der Waals surface area contributed by atoms with Gasteiger partial charge in [-0.05, 0) is 55.7 Å². The number of aromatic nitrogens is 3. The van der Waals surface area contributed by atoms with Gasteiger partial charge < -0.3 is 10.1 Å². The molecule has 8 heteroatoms. The minimum absolute atomic E-state index is 0.288. The Morgan fingerprint density at radius 2 is 1.92 bits per heavy atom. The van der Waals surface area contributed by atoms with Crippen LogP contribution >= 0.6 is 23.1 Å². The number of hydrogen-bond donors (Lipinski definition) is 1. The SMILES string of the molecule is Cc1nsc2nc(Cl)nc(N[C@H]3CC[C@H](N4CCOCC4)CC3)c12. The van der Waals surface area contributed by atoms with E-state index in [1.54, 1.807) is 0 Å². The number of anilines is 1. The Hall–Kier alpha value is -1.02. The number of halogens is 1. The van der Waals surface area contributed by atoms with Crippen LogP contribution < -0.4 is 5.32 Å². The molecule has 0 spiro atoms. The van der Waals surface area contributed by atoms with Gasteiger partial charge >= 0.3 is 0 Å². The Labute approximate surface area is 150 Å². The minimum atomic E-state index is 0.288. The zero-order chi connectivity index (χ0) is 16.5. The van der Waals surface area contributed by atoms with Gasteiger partial charge in [0.2, 0.25) is 5.28 Å². The molecule has 130 valence electrons. The molecule has 4 rings (SSSR count). The Morgan fingerprint density at radius 1 is 1.17 bits per heavy atom. The summed E-state index contributed by atoms with van der Waals surface area (Å²) in [6.07, 6.45) is 4.75. The fourth-order valence-electron chi connectivity index (χ4n) is 3.79. The molecule has 0 aromatic carbocycles. The topological polar surface area (TPSA) is 63.2 Å². The van der Waals surface area contributed by atoms with Crippen molar-refractivity contribution in [1.82, 2.24) is 19.2 Å². The number of rotatable bonds is 3. The summed E-state index contributed by atoms with van der Waals surface area (Å²) in [4.78, 5) is 12.1. The summed E-state index contributed by atoms with van der Waals surface area (Å²) in [5.74, 6) is 0.839. The summed E-state index contributed by atoms with van der Waals surface area (Å²) in [6, 6.07) is 1.14. The Balaban J connectivity index is 1.43. The van der Waals surface area contributed by atoms with Crippen molar-refractivity contribution in [1.29, 1.82) is 0 Å². The number of fused-ring (bicyclic) bond motifs is 1. The maximum Gasteiger partial charge on any atom is 0.225 e. The molecule has 1 aliphatic heterocycles. The molecule has 0 radical (unpaired) electrons. The molecule has 3 heterocycles. The van der Waals surface area contributed by atoms with Gasteiger partial charge in [0.1, 0.15) is 5.82 Å². The minimum Gasteiger partial charge on any atom is -0.379 e. The van der Waals surface area contributed by atoms with Gasteiger partial charge in [0, 0.05) is 25.2 Å². The number of ether oxygens (including phenoxy) is 1. The largest absolute Gasteiger partial charge is 0.379 e. The first-order chi connectivity index (χ1) is 11.7. The van der Waals surface area contributed by atoms with Crippen molar-refractivity contribution in [3.8, 4) is 0 Å². The van der Waals surface area contributed by atoms with Crippen LogP contribution in [-0.4, -0.2) is 57.6 Å². The third-order valence-electron chi connectivity index (χ3n) is 5.08. The van der Waals surface area contributed by atoms with Crippen molar-refractivity contribution in [2.75, 3.05) is 31.6 Å². The molecule has 2 aromatic heterocycles. The standard InChI is InChI=1S/C16H22ClN5OS/c1-10-13-14(19-16(17)20-15(13)24-21-10)18-11-2-4-12(5-3-11)22-6-8-23-9-7-22/h11-12H,2-9H2,1H3,(H,18,19,20)/t11-,12-. The quantitative estimate of drug-likeness (QED) is 0.841. The highest BCUT2D eigenvalue weighted by molar-refractivity contribution is 7.13. The van der Waals surface area contributed by atoms with Crippen molar-refractivity contribution >= 4 is 39.2 Å². The third kappa shape index (κ3) is 3.35. The number of nitrogens with zero attached hydrogens (tertiary/aromatic N) is 4. The number of nitrogens with one attached hydrogen (secondary N) is 1. The molecule has 0 unspecified atom stereocenters. The lowest BCUT2D eigenvalue weighted by atomic mass is 9.90. The molecular weight excluding hydrogens is 346 g/mol. The molecule has 1 N–H and O–H groups in total. The molecule has 0 bridgehead atoms. The molecule has 24 heavy (non-hydrogen) atoms. The van der Waals surface area contributed by atoms with E-state index in [0.29, 0.717) is 12.1 Å². The van der Waals surface area contributed by atoms with E-state index in [1.165, 1.54) is 24.4 Å². The third-order valence-corrected chi connectivity index (χ3v) is 6.08. The number of morpholine rings is 1. The molecular formula is C16H22ClN5OS. The van der Waals surface area contributed by atoms with Crippen LogP contribution in [0.3, 0.4) is 0 Å². The van der Waals surface area contributed by atoms with E-state index in [9.17, 15) is 0 Å². The van der Waals surface area contributed by atoms with Crippen molar-refractivity contribution in [2.24, 2.45) is 0 Å². The van der Waals surface area contributed by atoms with Crippen LogP contribution in [0.2, 0.25) is 5.28 Å². The molecule has 1 saturated heterocycles. The first-order valence-electron chi connectivity index (χ1n) is 8.58. The van der Waals surface area contributed by atoms with Crippen LogP contribution in [0.1, 0.15) is 31.4 Å². The van der Waals surface area contributed by atoms with Gasteiger partial charge in [0.25, 0.3) is 0 Å². The second kappa shape index (κ2) is 7.07. The molecule has 2 aromatic rings. The molecule has 2 aliphatic rings. The van der Waals surface area contributed by atoms with Crippen LogP contribution in [0, 0.1) is 6.92 Å². The number of hydrogen-bond acceptors (Lipinski definition) is 7. The first kappa shape index (κ1) is 16.4. The van der Waals surface area contributed by atoms with Gasteiger partial charge in [-0.25, -0.2) is 9.97 Å². The van der Waals surface area contributed by atoms with Crippen LogP contribution in [0.5, 0.6) is 0 Å². The molecule has 0 atom stereocenters. The Morgan fingerprint density at radius 3 is 2.67 bits per heavy atom. The van der Waals surface area contributed by atoms with E-state index in [1.807, 2.05) is 6.92 Å². The van der Waals surface area contributed by atoms with Gasteiger partial charge in [-0.2, -0.15) is 4.37 Å². The summed E-state index contributed by atoms with van der Waals surface area (Å²) < 4.78 is 9.85. The molecule has 1 saturated carbocycles. The predicted octanol–water partition coefficient (Wildman–Crippen LogP) is 3.10. The lowest BCUT2D eigenvalue weighted by molar-refractivity contribution is 0.00791. The summed E-state index contributed by atoms with van der Waals surface area (Å²) >= 11 is 7.45. The van der Waals surface area contributed by atoms with Crippen LogP contribution in [0.25, 0.3) is 10.2 Å². The predicted molar refractivity (Wildman–Crippen MR) is 97.0 cm³/mol. The van der Waals surface area contributed by atoms with E-state index in [2.05, 4.69) is 24.6 Å². The molecule has 6 nitrogen and oxygen atoms in total. The highest BCUT2D eigenvalue weighted by atomic mass is 35.5. The lowest BCUT2D eigenvalue weighted by Gasteiger charge is -2.39. The highest BCUT2D eigenvalue weighted by Crippen LogP contribution is 2.31. The monoisotopic (exact) mass is 367 g/mol. The smallest absolute Gasteiger partial charge is 0.225 e. The summed E-state index contributed by atoms with van der Waals surface area (Å²) in [7, 11) is 0. The van der Waals surface area contributed by atoms with Gasteiger partial charge in [0.15, 0.2) is 4.83 Å². The second-order valence-electron chi connectivity index (χ2n) is 6.59. The van der Waals surface area contributed by atoms with Gasteiger partial charge in [-0.15, -0.1) is 0 Å². The van der Waals surface area contributed by atoms with E-state index in [0.717, 1.165) is 60.9 Å². The Bertz CT molecular complexity index is 710. The second-order valence-corrected chi connectivity index (χ2v) is 7.68. The van der Waals surface area contributed by atoms with Crippen LogP contribution in [0.15, 0.2) is 0 Å². The average Bonchev–Trinajstić information content (AvgIpc) is 2.97. The zero-order valence-corrected chi connectivity index (χ0v) is 15.4. The fourth-order valence-corrected chi connectivity index (χ4v) is 4.79. The molecule has 1 aliphatic carbocycles. The zero-order valence-electron chi connectivity index (χ0n) is 13.8. The normalized spacial score (nSPS) is 25.9. The van der Waals surface area contributed by atoms with Crippen LogP contribution in [-0.2, 0) is 4.74 Å². The van der Waals surface area contributed by atoms with Gasteiger partial charge in [0.05, 0.1) is 24.3 Å². The van der Waals surface area contributed by atoms with Crippen molar-refractivity contribution < 1.29 is 4.74 Å². The average molecular weight is 368 g/mol. The van der Waals surface area contributed by atoms with Crippen LogP contribution in [0.4, 0.5) is 5.82 Å². The lowest BCUT2D eigenvalue weighted by Crippen LogP contribution is -2.46. The first-order valence-corrected chi connectivity index (χ1v) is 9.73. The van der Waals surface area contributed by atoms with Gasteiger partial charge in [-0.3, -0.25) is 4.90 Å². The summed E-state index contributed by atoms with van der Waals surface area (Å²) in [5, 5.41) is 4.90. The maximum atomic E-state index is 6.07. The van der Waals surface area contributed by atoms with Crippen molar-refractivity contribution in [3.63, 3.8) is 0 Å². The highest BCUT2D eigenvalue weighted by Gasteiger charge is 2.27. The summed E-state index contributed by atoms with van der Waals surface area (Å²) in [5.41, 5.74) is 0.969. The molecule has 2 fully saturated rings. The van der Waals surface area contributed by atoms with E-state index < -0.39 is 0 Å². The van der Waals surface area contributed by atoms with E-state index >= 15 is 0 Å². The summed E-state index contributed by atoms with van der Waals surface area (Å²) in [6.45, 7) is 5.89. The molecule has 0 amide bonds. The maximum absolute atomic E-state index is 6.07. The van der Waals surface area contributed by atoms with E-state index in [4.69, 9.17) is 16.3 Å². The Kier molecular flexibility index (Phi) is 4.85. The van der Waals surface area contributed by atoms with Gasteiger partial charge in [-0.1, -0.05) is 0 Å². The number of aryl methyl sites for hydroxylation is 1. The van der Waals surface area contributed by atoms with Crippen molar-refractivity contribution in [2.45, 2.75) is 44.7 Å². The van der Waals surface area contributed by atoms with Crippen molar-refractivity contribution in [3.05, 3.63) is 11.0 Å². The fraction of sp³-hybridized carbons (Fsp3) is 0.688. The van der Waals surface area contributed by atoms with E-state index in [-0.39, 0.29) is 5.28 Å².